The molecule has 2 aliphatic carbocycles. The van der Waals surface area contributed by atoms with E-state index < -0.39 is 6.04 Å². The quantitative estimate of drug-likeness (QED) is 0.744. The molecule has 0 saturated heterocycles. The summed E-state index contributed by atoms with van der Waals surface area (Å²) in [5, 5.41) is 17.5. The van der Waals surface area contributed by atoms with Crippen LogP contribution in [0.2, 0.25) is 0 Å². The molecule has 1 atom stereocenters. The molecule has 138 valence electrons. The number of nitrogens with two attached hydrogens (primary N) is 1. The first kappa shape index (κ1) is 17.1. The highest BCUT2D eigenvalue weighted by atomic mass is 16.3. The van der Waals surface area contributed by atoms with Crippen molar-refractivity contribution < 1.29 is 9.90 Å². The molecular formula is C20H26N4O2. The first-order valence-corrected chi connectivity index (χ1v) is 9.34. The number of rotatable bonds is 6. The minimum atomic E-state index is -0.476. The van der Waals surface area contributed by atoms with Gasteiger partial charge in [0.1, 0.15) is 5.75 Å². The number of anilines is 1. The second-order valence-corrected chi connectivity index (χ2v) is 7.80. The maximum atomic E-state index is 12.6. The highest BCUT2D eigenvalue weighted by Crippen LogP contribution is 2.50. The Labute approximate surface area is 153 Å². The van der Waals surface area contributed by atoms with Crippen molar-refractivity contribution in [2.75, 3.05) is 5.32 Å². The lowest BCUT2D eigenvalue weighted by molar-refractivity contribution is -0.118. The number of amides is 1. The van der Waals surface area contributed by atoms with E-state index in [1.807, 2.05) is 14.0 Å². The first-order valence-electron chi connectivity index (χ1n) is 9.34. The number of nitrogens with one attached hydrogen (secondary N) is 1. The van der Waals surface area contributed by atoms with E-state index in [9.17, 15) is 9.90 Å². The summed E-state index contributed by atoms with van der Waals surface area (Å²) in [5.74, 6) is 1.50. The number of hydrogen-bond donors (Lipinski definition) is 3. The van der Waals surface area contributed by atoms with E-state index in [0.717, 1.165) is 11.3 Å². The van der Waals surface area contributed by atoms with Gasteiger partial charge < -0.3 is 16.2 Å². The number of carbonyl (C=O) groups is 1. The standard InChI is InChI=1S/C20H26N4O2/c1-11-10-22-24(2)19(11)15-8-7-14(9-16(15)25)23-20(26)18(21)17(12-3-4-12)13-5-6-13/h7-10,12-13,17-18,25H,3-6,21H2,1-2H3,(H,23,26). The molecule has 0 radical (unpaired) electrons. The fraction of sp³-hybridized carbons (Fsp3) is 0.500. The van der Waals surface area contributed by atoms with Gasteiger partial charge in [0.2, 0.25) is 5.91 Å². The predicted octanol–water partition coefficient (Wildman–Crippen LogP) is 2.80. The predicted molar refractivity (Wildman–Crippen MR) is 101 cm³/mol. The van der Waals surface area contributed by atoms with Gasteiger partial charge in [0.05, 0.1) is 17.9 Å². The van der Waals surface area contributed by atoms with Crippen LogP contribution in [0.3, 0.4) is 0 Å². The summed E-state index contributed by atoms with van der Waals surface area (Å²) >= 11 is 0. The van der Waals surface area contributed by atoms with Crippen molar-refractivity contribution in [2.24, 2.45) is 30.5 Å². The molecule has 4 rings (SSSR count). The van der Waals surface area contributed by atoms with Gasteiger partial charge in [-0.25, -0.2) is 0 Å². The van der Waals surface area contributed by atoms with E-state index in [1.165, 1.54) is 25.7 Å². The molecule has 6 heteroatoms. The molecule has 6 nitrogen and oxygen atoms in total. The van der Waals surface area contributed by atoms with Gasteiger partial charge in [0.15, 0.2) is 0 Å². The van der Waals surface area contributed by atoms with Crippen LogP contribution in [0.25, 0.3) is 11.3 Å². The highest BCUT2D eigenvalue weighted by molar-refractivity contribution is 5.95. The summed E-state index contributed by atoms with van der Waals surface area (Å²) in [5.41, 5.74) is 9.39. The second-order valence-electron chi connectivity index (χ2n) is 7.80. The van der Waals surface area contributed by atoms with Crippen LogP contribution in [0.1, 0.15) is 31.2 Å². The molecule has 2 fully saturated rings. The van der Waals surface area contributed by atoms with Crippen LogP contribution >= 0.6 is 0 Å². The normalized spacial score (nSPS) is 18.2. The third-order valence-electron chi connectivity index (χ3n) is 5.69. The molecule has 1 aromatic heterocycles. The maximum absolute atomic E-state index is 12.6. The fourth-order valence-corrected chi connectivity index (χ4v) is 4.08. The summed E-state index contributed by atoms with van der Waals surface area (Å²) < 4.78 is 1.73. The summed E-state index contributed by atoms with van der Waals surface area (Å²) in [6.07, 6.45) is 6.55. The Kier molecular flexibility index (Phi) is 4.23. The molecule has 2 saturated carbocycles. The van der Waals surface area contributed by atoms with Gasteiger partial charge in [-0.3, -0.25) is 9.48 Å². The lowest BCUT2D eigenvalue weighted by Gasteiger charge is -2.23. The number of hydrogen-bond acceptors (Lipinski definition) is 4. The molecule has 0 aliphatic heterocycles. The van der Waals surface area contributed by atoms with Crippen LogP contribution in [0, 0.1) is 24.7 Å². The van der Waals surface area contributed by atoms with Crippen LogP contribution < -0.4 is 11.1 Å². The Hall–Kier alpha value is -2.34. The average molecular weight is 354 g/mol. The van der Waals surface area contributed by atoms with Crippen molar-refractivity contribution in [1.29, 1.82) is 0 Å². The molecule has 1 unspecified atom stereocenters. The summed E-state index contributed by atoms with van der Waals surface area (Å²) in [6.45, 7) is 1.95. The van der Waals surface area contributed by atoms with Crippen LogP contribution in [-0.4, -0.2) is 26.8 Å². The van der Waals surface area contributed by atoms with E-state index >= 15 is 0 Å². The fourth-order valence-electron chi connectivity index (χ4n) is 4.08. The number of phenolic OH excluding ortho intramolecular Hbond substituents is 1. The van der Waals surface area contributed by atoms with Gasteiger partial charge in [-0.05, 0) is 68.1 Å². The minimum absolute atomic E-state index is 0.115. The van der Waals surface area contributed by atoms with Crippen molar-refractivity contribution in [3.05, 3.63) is 30.0 Å². The van der Waals surface area contributed by atoms with Crippen molar-refractivity contribution in [3.8, 4) is 17.0 Å². The summed E-state index contributed by atoms with van der Waals surface area (Å²) in [4.78, 5) is 12.6. The molecular weight excluding hydrogens is 328 g/mol. The largest absolute Gasteiger partial charge is 0.507 e. The van der Waals surface area contributed by atoms with Gasteiger partial charge >= 0.3 is 0 Å². The zero-order valence-corrected chi connectivity index (χ0v) is 15.3. The SMILES string of the molecule is Cc1cnn(C)c1-c1ccc(NC(=O)C(N)C(C2CC2)C2CC2)cc1O. The molecule has 4 N–H and O–H groups in total. The van der Waals surface area contributed by atoms with Crippen molar-refractivity contribution in [2.45, 2.75) is 38.6 Å². The van der Waals surface area contributed by atoms with E-state index in [0.29, 0.717) is 29.0 Å². The summed E-state index contributed by atoms with van der Waals surface area (Å²) in [7, 11) is 1.84. The Morgan fingerprint density at radius 1 is 1.31 bits per heavy atom. The number of phenols is 1. The monoisotopic (exact) mass is 354 g/mol. The number of benzene rings is 1. The van der Waals surface area contributed by atoms with Crippen LogP contribution in [-0.2, 0) is 11.8 Å². The van der Waals surface area contributed by atoms with Crippen LogP contribution in [0.5, 0.6) is 5.75 Å². The second kappa shape index (κ2) is 6.43. The Balaban J connectivity index is 1.50. The van der Waals surface area contributed by atoms with Crippen LogP contribution in [0.15, 0.2) is 24.4 Å². The Morgan fingerprint density at radius 2 is 1.96 bits per heavy atom. The lowest BCUT2D eigenvalue weighted by atomic mass is 9.89. The van der Waals surface area contributed by atoms with Gasteiger partial charge in [0, 0.05) is 24.4 Å². The zero-order valence-electron chi connectivity index (χ0n) is 15.3. The van der Waals surface area contributed by atoms with Gasteiger partial charge in [-0.1, -0.05) is 0 Å². The van der Waals surface area contributed by atoms with E-state index in [-0.39, 0.29) is 11.7 Å². The van der Waals surface area contributed by atoms with Crippen molar-refractivity contribution in [3.63, 3.8) is 0 Å². The Bertz CT molecular complexity index is 805. The van der Waals surface area contributed by atoms with E-state index in [2.05, 4.69) is 10.4 Å². The molecule has 1 aromatic carbocycles. The molecule has 2 aromatic rings. The first-order chi connectivity index (χ1) is 12.5. The van der Waals surface area contributed by atoms with Gasteiger partial charge in [-0.15, -0.1) is 0 Å². The third-order valence-corrected chi connectivity index (χ3v) is 5.69. The number of carbonyl (C=O) groups excluding carboxylic acids is 1. The number of aromatic nitrogens is 2. The van der Waals surface area contributed by atoms with Crippen LogP contribution in [0.4, 0.5) is 5.69 Å². The molecule has 0 spiro atoms. The highest BCUT2D eigenvalue weighted by Gasteiger charge is 2.46. The molecule has 0 bridgehead atoms. The number of aryl methyl sites for hydroxylation is 2. The third kappa shape index (κ3) is 3.21. The molecule has 2 aliphatic rings. The van der Waals surface area contributed by atoms with E-state index in [1.54, 1.807) is 29.1 Å². The number of nitrogens with zero attached hydrogens (tertiary/aromatic N) is 2. The topological polar surface area (TPSA) is 93.2 Å². The molecule has 1 amide bonds. The van der Waals surface area contributed by atoms with Crippen molar-refractivity contribution >= 4 is 11.6 Å². The smallest absolute Gasteiger partial charge is 0.241 e. The number of aromatic hydroxyl groups is 1. The van der Waals surface area contributed by atoms with Crippen molar-refractivity contribution in [1.82, 2.24) is 9.78 Å². The average Bonchev–Trinajstić information content (AvgIpc) is 3.51. The van der Waals surface area contributed by atoms with Gasteiger partial charge in [-0.2, -0.15) is 5.10 Å². The summed E-state index contributed by atoms with van der Waals surface area (Å²) in [6, 6.07) is 4.71. The minimum Gasteiger partial charge on any atom is -0.507 e. The molecule has 1 heterocycles. The zero-order chi connectivity index (χ0) is 18.4. The lowest BCUT2D eigenvalue weighted by Crippen LogP contribution is -2.43. The Morgan fingerprint density at radius 3 is 2.46 bits per heavy atom. The maximum Gasteiger partial charge on any atom is 0.241 e. The van der Waals surface area contributed by atoms with E-state index in [4.69, 9.17) is 5.73 Å². The van der Waals surface area contributed by atoms with Gasteiger partial charge in [0.25, 0.3) is 0 Å². The molecule has 26 heavy (non-hydrogen) atoms.